The van der Waals surface area contributed by atoms with Gasteiger partial charge in [0.2, 0.25) is 0 Å². The third-order valence-corrected chi connectivity index (χ3v) is 9.58. The molecular weight excluding hydrogens is 759 g/mol. The first-order valence-electron chi connectivity index (χ1n) is 21.7. The number of aliphatic hydroxyl groups is 3. The van der Waals surface area contributed by atoms with E-state index in [2.05, 4.69) is 60.9 Å². The molecule has 0 aliphatic carbocycles. The van der Waals surface area contributed by atoms with Gasteiger partial charge in [-0.3, -0.25) is 18.6 Å². The lowest BCUT2D eigenvalue weighted by molar-refractivity contribution is -0.161. The van der Waals surface area contributed by atoms with Crippen molar-refractivity contribution < 1.29 is 52.9 Å². The highest BCUT2D eigenvalue weighted by molar-refractivity contribution is 7.47. The van der Waals surface area contributed by atoms with Gasteiger partial charge in [0.1, 0.15) is 12.7 Å². The van der Waals surface area contributed by atoms with Gasteiger partial charge in [-0.2, -0.15) is 0 Å². The van der Waals surface area contributed by atoms with Crippen LogP contribution in [-0.4, -0.2) is 76.9 Å². The Bertz CT molecular complexity index is 1250. The Morgan fingerprint density at radius 1 is 0.586 bits per heavy atom. The second-order valence-corrected chi connectivity index (χ2v) is 15.7. The second-order valence-electron chi connectivity index (χ2n) is 14.2. The minimum Gasteiger partial charge on any atom is -0.462 e. The molecule has 11 nitrogen and oxygen atoms in total. The highest BCUT2D eigenvalue weighted by Gasteiger charge is 2.27. The summed E-state index contributed by atoms with van der Waals surface area (Å²) in [5.41, 5.74) is 0. The number of ether oxygens (including phenoxy) is 2. The Morgan fingerprint density at radius 3 is 1.72 bits per heavy atom. The summed E-state index contributed by atoms with van der Waals surface area (Å²) >= 11 is 0. The SMILES string of the molecule is CCCCC/C=C\C/C=C\C/C=C\CCCCCCC(=O)OC[C@H](COP(=O)(O)OC[C@@H](O)CO)OC(=O)CCC/C=C\C/C=C\C/C=C\C=C\[C@@H](O)CCCCC. The number of carbonyl (C=O) groups is 2. The molecule has 0 saturated carbocycles. The van der Waals surface area contributed by atoms with Crippen molar-refractivity contribution in [2.45, 2.75) is 167 Å². The highest BCUT2D eigenvalue weighted by atomic mass is 31.2. The first kappa shape index (κ1) is 55.1. The lowest BCUT2D eigenvalue weighted by atomic mass is 10.1. The van der Waals surface area contributed by atoms with E-state index in [1.165, 1.54) is 19.3 Å². The van der Waals surface area contributed by atoms with E-state index in [0.717, 1.165) is 83.5 Å². The van der Waals surface area contributed by atoms with Crippen LogP contribution in [0.1, 0.15) is 149 Å². The Labute approximate surface area is 350 Å². The van der Waals surface area contributed by atoms with E-state index >= 15 is 0 Å². The van der Waals surface area contributed by atoms with Crippen molar-refractivity contribution >= 4 is 19.8 Å². The van der Waals surface area contributed by atoms with Crippen LogP contribution < -0.4 is 0 Å². The number of allylic oxidation sites excluding steroid dienone is 13. The molecule has 4 atom stereocenters. The van der Waals surface area contributed by atoms with Crippen LogP contribution >= 0.6 is 7.82 Å². The molecule has 58 heavy (non-hydrogen) atoms. The zero-order valence-electron chi connectivity index (χ0n) is 35.6. The van der Waals surface area contributed by atoms with Crippen LogP contribution in [0.2, 0.25) is 0 Å². The molecule has 0 aromatic rings. The average Bonchev–Trinajstić information content (AvgIpc) is 3.20. The van der Waals surface area contributed by atoms with Crippen molar-refractivity contribution in [2.75, 3.05) is 26.4 Å². The molecule has 0 saturated heterocycles. The number of hydrogen-bond acceptors (Lipinski definition) is 10. The van der Waals surface area contributed by atoms with Gasteiger partial charge in [-0.1, -0.05) is 144 Å². The summed E-state index contributed by atoms with van der Waals surface area (Å²) in [6.07, 6.45) is 44.5. The van der Waals surface area contributed by atoms with Gasteiger partial charge in [-0.25, -0.2) is 4.57 Å². The molecule has 1 unspecified atom stereocenters. The van der Waals surface area contributed by atoms with Crippen molar-refractivity contribution in [3.8, 4) is 0 Å². The van der Waals surface area contributed by atoms with E-state index in [0.29, 0.717) is 19.3 Å². The van der Waals surface area contributed by atoms with E-state index in [4.69, 9.17) is 19.1 Å². The molecule has 0 heterocycles. The van der Waals surface area contributed by atoms with Crippen LogP contribution in [0.5, 0.6) is 0 Å². The Kier molecular flexibility index (Phi) is 38.8. The average molecular weight is 837 g/mol. The lowest BCUT2D eigenvalue weighted by Gasteiger charge is -2.20. The molecule has 4 N–H and O–H groups in total. The maximum absolute atomic E-state index is 12.6. The summed E-state index contributed by atoms with van der Waals surface area (Å²) in [6.45, 7) is 2.10. The van der Waals surface area contributed by atoms with Gasteiger partial charge in [0.25, 0.3) is 0 Å². The molecule has 0 aliphatic heterocycles. The van der Waals surface area contributed by atoms with Crippen molar-refractivity contribution in [3.05, 3.63) is 85.1 Å². The second kappa shape index (κ2) is 40.9. The maximum atomic E-state index is 12.6. The van der Waals surface area contributed by atoms with Crippen LogP contribution in [0.15, 0.2) is 85.1 Å². The molecule has 0 amide bonds. The number of phosphoric acid groups is 1. The fourth-order valence-corrected chi connectivity index (χ4v) is 6.01. The smallest absolute Gasteiger partial charge is 0.462 e. The zero-order chi connectivity index (χ0) is 42.8. The first-order chi connectivity index (χ1) is 28.1. The first-order valence-corrected chi connectivity index (χ1v) is 23.1. The van der Waals surface area contributed by atoms with Gasteiger partial charge in [0.05, 0.1) is 25.9 Å². The zero-order valence-corrected chi connectivity index (χ0v) is 36.5. The van der Waals surface area contributed by atoms with Crippen LogP contribution in [0, 0.1) is 0 Å². The topological polar surface area (TPSA) is 169 Å². The molecule has 0 spiro atoms. The van der Waals surface area contributed by atoms with E-state index in [1.807, 2.05) is 42.5 Å². The molecule has 0 aromatic carbocycles. The molecule has 0 aromatic heterocycles. The summed E-state index contributed by atoms with van der Waals surface area (Å²) in [5, 5.41) is 28.2. The predicted octanol–water partition coefficient (Wildman–Crippen LogP) is 10.4. The minimum atomic E-state index is -4.65. The van der Waals surface area contributed by atoms with E-state index < -0.39 is 57.9 Å². The Balaban J connectivity index is 4.50. The number of rotatable bonds is 39. The van der Waals surface area contributed by atoms with Crippen LogP contribution in [0.25, 0.3) is 0 Å². The Hall–Kier alpha value is -2.89. The molecule has 0 radical (unpaired) electrons. The normalized spacial score (nSPS) is 15.2. The Morgan fingerprint density at radius 2 is 1.10 bits per heavy atom. The number of carbonyl (C=O) groups excluding carboxylic acids is 2. The number of esters is 2. The van der Waals surface area contributed by atoms with Gasteiger partial charge in [0.15, 0.2) is 6.10 Å². The predicted molar refractivity (Wildman–Crippen MR) is 234 cm³/mol. The molecule has 12 heteroatoms. The molecule has 0 aliphatic rings. The number of phosphoric ester groups is 1. The van der Waals surface area contributed by atoms with Crippen molar-refractivity contribution in [2.24, 2.45) is 0 Å². The van der Waals surface area contributed by atoms with Gasteiger partial charge in [-0.15, -0.1) is 0 Å². The van der Waals surface area contributed by atoms with E-state index in [9.17, 15) is 29.3 Å². The summed E-state index contributed by atoms with van der Waals surface area (Å²) in [4.78, 5) is 35.0. The lowest BCUT2D eigenvalue weighted by Crippen LogP contribution is -2.29. The molecule has 0 fully saturated rings. The largest absolute Gasteiger partial charge is 0.472 e. The van der Waals surface area contributed by atoms with E-state index in [1.54, 1.807) is 0 Å². The van der Waals surface area contributed by atoms with Crippen LogP contribution in [0.4, 0.5) is 0 Å². The fraction of sp³-hybridized carbons (Fsp3) is 0.652. The van der Waals surface area contributed by atoms with Gasteiger partial charge < -0.3 is 29.7 Å². The number of aliphatic hydroxyl groups excluding tert-OH is 3. The minimum absolute atomic E-state index is 0.0783. The summed E-state index contributed by atoms with van der Waals surface area (Å²) in [7, 11) is -4.65. The molecule has 0 rings (SSSR count). The van der Waals surface area contributed by atoms with Gasteiger partial charge in [0, 0.05) is 12.8 Å². The van der Waals surface area contributed by atoms with Crippen molar-refractivity contribution in [1.29, 1.82) is 0 Å². The van der Waals surface area contributed by atoms with Crippen molar-refractivity contribution in [1.82, 2.24) is 0 Å². The van der Waals surface area contributed by atoms with Crippen molar-refractivity contribution in [3.63, 3.8) is 0 Å². The number of unbranched alkanes of at least 4 members (excludes halogenated alkanes) is 10. The summed E-state index contributed by atoms with van der Waals surface area (Å²) in [5.74, 6) is -1.05. The summed E-state index contributed by atoms with van der Waals surface area (Å²) in [6, 6.07) is 0. The third kappa shape index (κ3) is 39.9. The third-order valence-electron chi connectivity index (χ3n) is 8.63. The van der Waals surface area contributed by atoms with Gasteiger partial charge in [-0.05, 0) is 77.0 Å². The van der Waals surface area contributed by atoms with E-state index in [-0.39, 0.29) is 19.4 Å². The molecular formula is C46H77O11P. The van der Waals surface area contributed by atoms with Gasteiger partial charge >= 0.3 is 19.8 Å². The quantitative estimate of drug-likeness (QED) is 0.0153. The molecule has 332 valence electrons. The highest BCUT2D eigenvalue weighted by Crippen LogP contribution is 2.43. The van der Waals surface area contributed by atoms with Crippen LogP contribution in [-0.2, 0) is 32.7 Å². The summed E-state index contributed by atoms with van der Waals surface area (Å²) < 4.78 is 32.6. The number of hydrogen-bond donors (Lipinski definition) is 4. The maximum Gasteiger partial charge on any atom is 0.472 e. The standard InChI is InChI=1S/C46H77O11P/c1-3-5-7-8-9-10-11-12-13-14-15-16-19-22-25-28-32-36-45(50)54-40-44(41-56-58(52,53)55-39-43(49)38-47)57-46(51)37-33-29-26-23-20-17-18-21-24-27-31-35-42(48)34-30-6-4-2/h9-10,12-13,15-18,23-24,26-27,31,35,42-44,47-49H,3-8,11,14,19-22,25,28-30,32-34,36-41H2,1-2H3,(H,52,53)/b10-9-,13-12-,16-15-,18-17-,26-23-,27-24-,35-31+/t42-,43-,44+/m0/s1. The molecule has 0 bridgehead atoms. The fourth-order valence-electron chi connectivity index (χ4n) is 5.22. The monoisotopic (exact) mass is 837 g/mol. The van der Waals surface area contributed by atoms with Crippen LogP contribution in [0.3, 0.4) is 0 Å².